The Bertz CT molecular complexity index is 1470. The summed E-state index contributed by atoms with van der Waals surface area (Å²) in [7, 11) is 0. The summed E-state index contributed by atoms with van der Waals surface area (Å²) in [6.07, 6.45) is 12.9. The molecular weight excluding hydrogens is 534 g/mol. The van der Waals surface area contributed by atoms with Crippen molar-refractivity contribution in [2.45, 2.75) is 58.3 Å². The minimum atomic E-state index is -0.535. The number of ether oxygens (including phenoxy) is 3. The van der Waals surface area contributed by atoms with E-state index in [0.717, 1.165) is 41.0 Å². The normalized spacial score (nSPS) is 10.8. The molecule has 5 nitrogen and oxygen atoms in total. The summed E-state index contributed by atoms with van der Waals surface area (Å²) in [5.74, 6) is 1.41. The van der Waals surface area contributed by atoms with E-state index in [1.54, 1.807) is 24.3 Å². The van der Waals surface area contributed by atoms with Gasteiger partial charge in [0.05, 0.1) is 30.6 Å². The monoisotopic (exact) mass is 573 g/mol. The van der Waals surface area contributed by atoms with Crippen LogP contribution in [0.1, 0.15) is 63.9 Å². The van der Waals surface area contributed by atoms with Crippen molar-refractivity contribution >= 4 is 5.97 Å². The van der Waals surface area contributed by atoms with Crippen LogP contribution in [-0.2, 0) is 4.79 Å². The van der Waals surface area contributed by atoms with E-state index in [9.17, 15) is 4.79 Å². The molecule has 0 aromatic heterocycles. The van der Waals surface area contributed by atoms with Crippen LogP contribution in [0.3, 0.4) is 0 Å². The first kappa shape index (κ1) is 31.1. The molecule has 0 atom stereocenters. The molecule has 0 radical (unpaired) electrons. The van der Waals surface area contributed by atoms with Crippen LogP contribution in [0, 0.1) is 11.3 Å². The van der Waals surface area contributed by atoms with Gasteiger partial charge in [-0.3, -0.25) is 0 Å². The smallest absolute Gasteiger partial charge is 0.339 e. The van der Waals surface area contributed by atoms with Crippen LogP contribution < -0.4 is 14.2 Å². The maximum atomic E-state index is 12.2. The number of rotatable bonds is 16. The first-order valence-electron chi connectivity index (χ1n) is 15.1. The third-order valence-corrected chi connectivity index (χ3v) is 7.14. The fraction of sp³-hybridized carbons (Fsp3) is 0.263. The summed E-state index contributed by atoms with van der Waals surface area (Å²) in [5.41, 5.74) is 4.71. The van der Waals surface area contributed by atoms with Crippen LogP contribution in [-0.4, -0.2) is 12.6 Å². The minimum absolute atomic E-state index is 0.431. The van der Waals surface area contributed by atoms with Gasteiger partial charge in [0.15, 0.2) is 0 Å². The van der Waals surface area contributed by atoms with Crippen molar-refractivity contribution in [2.24, 2.45) is 0 Å². The molecule has 0 unspecified atom stereocenters. The van der Waals surface area contributed by atoms with Gasteiger partial charge in [0, 0.05) is 0 Å². The number of benzene rings is 4. The highest BCUT2D eigenvalue weighted by Gasteiger charge is 2.04. The molecule has 0 bridgehead atoms. The number of hydrogen-bond donors (Lipinski definition) is 0. The number of hydrogen-bond acceptors (Lipinski definition) is 5. The maximum Gasteiger partial charge on any atom is 0.339 e. The van der Waals surface area contributed by atoms with Crippen LogP contribution >= 0.6 is 0 Å². The molecular formula is C38H39NO4. The summed E-state index contributed by atoms with van der Waals surface area (Å²) in [5, 5.41) is 8.94. The number of carbonyl (C=O) groups is 1. The molecule has 220 valence electrons. The van der Waals surface area contributed by atoms with Gasteiger partial charge >= 0.3 is 5.97 Å². The highest BCUT2D eigenvalue weighted by atomic mass is 16.5. The highest BCUT2D eigenvalue weighted by Crippen LogP contribution is 2.26. The summed E-state index contributed by atoms with van der Waals surface area (Å²) in [6, 6.07) is 32.4. The molecule has 0 saturated carbocycles. The van der Waals surface area contributed by atoms with Gasteiger partial charge in [-0.1, -0.05) is 100 Å². The first-order chi connectivity index (χ1) is 21.1. The van der Waals surface area contributed by atoms with Crippen LogP contribution in [0.2, 0.25) is 0 Å². The van der Waals surface area contributed by atoms with Gasteiger partial charge in [-0.2, -0.15) is 5.26 Å². The van der Waals surface area contributed by atoms with Gasteiger partial charge in [0.25, 0.3) is 0 Å². The zero-order chi connectivity index (χ0) is 30.1. The largest absolute Gasteiger partial charge is 0.494 e. The fourth-order valence-electron chi connectivity index (χ4n) is 4.67. The van der Waals surface area contributed by atoms with Crippen molar-refractivity contribution in [3.05, 3.63) is 115 Å². The molecule has 0 spiro atoms. The molecule has 0 saturated heterocycles. The third kappa shape index (κ3) is 10.5. The third-order valence-electron chi connectivity index (χ3n) is 7.14. The van der Waals surface area contributed by atoms with Gasteiger partial charge in [0.2, 0.25) is 0 Å². The van der Waals surface area contributed by atoms with E-state index < -0.39 is 5.97 Å². The molecule has 0 aliphatic rings. The molecule has 0 fully saturated rings. The van der Waals surface area contributed by atoms with Gasteiger partial charge in [0.1, 0.15) is 17.2 Å². The lowest BCUT2D eigenvalue weighted by molar-refractivity contribution is -0.129. The Morgan fingerprint density at radius 3 is 1.63 bits per heavy atom. The summed E-state index contributed by atoms with van der Waals surface area (Å²) < 4.78 is 16.9. The van der Waals surface area contributed by atoms with Crippen molar-refractivity contribution in [3.8, 4) is 45.6 Å². The highest BCUT2D eigenvalue weighted by molar-refractivity contribution is 5.84. The van der Waals surface area contributed by atoms with Crippen LogP contribution in [0.4, 0.5) is 0 Å². The standard InChI is InChI=1S/C38H39NO4/c1-2-3-4-5-6-7-8-9-27-41-35-20-14-32(15-21-35)33-16-22-36(23-17-33)42-28-26-38(40)43-37-24-18-34(19-25-37)31-12-10-30(29-39)11-13-31/h10-26,28H,2-9,27H2,1H3/b28-26+. The SMILES string of the molecule is CCCCCCCCCCOc1ccc(-c2ccc(O/C=C/C(=O)Oc3ccc(-c4ccc(C#N)cc4)cc3)cc2)cc1. The topological polar surface area (TPSA) is 68.6 Å². The van der Waals surface area contributed by atoms with Crippen LogP contribution in [0.25, 0.3) is 22.3 Å². The van der Waals surface area contributed by atoms with Crippen molar-refractivity contribution in [2.75, 3.05) is 6.61 Å². The second-order valence-electron chi connectivity index (χ2n) is 10.4. The molecule has 0 heterocycles. The quantitative estimate of drug-likeness (QED) is 0.0439. The van der Waals surface area contributed by atoms with Gasteiger partial charge in [-0.15, -0.1) is 0 Å². The Hall–Kier alpha value is -4.82. The molecule has 0 aliphatic heterocycles. The van der Waals surface area contributed by atoms with Crippen LogP contribution in [0.5, 0.6) is 17.2 Å². The molecule has 0 amide bonds. The zero-order valence-corrected chi connectivity index (χ0v) is 24.8. The number of nitriles is 1. The summed E-state index contributed by atoms with van der Waals surface area (Å²) in [4.78, 5) is 12.2. The van der Waals surface area contributed by atoms with Gasteiger partial charge in [-0.05, 0) is 77.2 Å². The fourth-order valence-corrected chi connectivity index (χ4v) is 4.67. The predicted molar refractivity (Wildman–Crippen MR) is 172 cm³/mol. The Morgan fingerprint density at radius 2 is 1.09 bits per heavy atom. The molecule has 5 heteroatoms. The lowest BCUT2D eigenvalue weighted by Crippen LogP contribution is -2.04. The number of carbonyl (C=O) groups excluding carboxylic acids is 1. The minimum Gasteiger partial charge on any atom is -0.494 e. The molecule has 4 aromatic rings. The van der Waals surface area contributed by atoms with E-state index >= 15 is 0 Å². The Kier molecular flexibility index (Phi) is 12.5. The molecule has 43 heavy (non-hydrogen) atoms. The Morgan fingerprint density at radius 1 is 0.628 bits per heavy atom. The Balaban J connectivity index is 1.16. The number of unbranched alkanes of at least 4 members (excludes halogenated alkanes) is 7. The molecule has 4 aromatic carbocycles. The second kappa shape index (κ2) is 17.2. The summed E-state index contributed by atoms with van der Waals surface area (Å²) in [6.45, 7) is 3.01. The average molecular weight is 574 g/mol. The second-order valence-corrected chi connectivity index (χ2v) is 10.4. The van der Waals surface area contributed by atoms with Gasteiger partial charge in [-0.25, -0.2) is 4.79 Å². The van der Waals surface area contributed by atoms with Crippen molar-refractivity contribution in [3.63, 3.8) is 0 Å². The van der Waals surface area contributed by atoms with E-state index in [0.29, 0.717) is 17.1 Å². The van der Waals surface area contributed by atoms with E-state index in [1.807, 2.05) is 60.7 Å². The van der Waals surface area contributed by atoms with E-state index in [4.69, 9.17) is 19.5 Å². The lowest BCUT2D eigenvalue weighted by atomic mass is 10.0. The van der Waals surface area contributed by atoms with Crippen molar-refractivity contribution in [1.82, 2.24) is 0 Å². The van der Waals surface area contributed by atoms with Gasteiger partial charge < -0.3 is 14.2 Å². The van der Waals surface area contributed by atoms with Crippen LogP contribution in [0.15, 0.2) is 109 Å². The number of esters is 1. The zero-order valence-electron chi connectivity index (χ0n) is 24.8. The number of nitrogens with zero attached hydrogens (tertiary/aromatic N) is 1. The molecule has 0 aliphatic carbocycles. The first-order valence-corrected chi connectivity index (χ1v) is 15.1. The predicted octanol–water partition coefficient (Wildman–Crippen LogP) is 9.91. The lowest BCUT2D eigenvalue weighted by Gasteiger charge is -2.08. The molecule has 4 rings (SSSR count). The maximum absolute atomic E-state index is 12.2. The van der Waals surface area contributed by atoms with E-state index in [1.165, 1.54) is 57.3 Å². The van der Waals surface area contributed by atoms with Crippen molar-refractivity contribution < 1.29 is 19.0 Å². The molecule has 0 N–H and O–H groups in total. The van der Waals surface area contributed by atoms with E-state index in [-0.39, 0.29) is 0 Å². The van der Waals surface area contributed by atoms with E-state index in [2.05, 4.69) is 25.1 Å². The van der Waals surface area contributed by atoms with Crippen molar-refractivity contribution in [1.29, 1.82) is 5.26 Å². The Labute approximate surface area is 255 Å². The average Bonchev–Trinajstić information content (AvgIpc) is 3.05. The summed E-state index contributed by atoms with van der Waals surface area (Å²) >= 11 is 0.